The fraction of sp³-hybridized carbons (Fsp3) is 0.421. The summed E-state index contributed by atoms with van der Waals surface area (Å²) in [6.45, 7) is 4.60. The lowest BCUT2D eigenvalue weighted by Crippen LogP contribution is -2.41. The number of aromatic nitrogens is 2. The van der Waals surface area contributed by atoms with Crippen molar-refractivity contribution in [3.63, 3.8) is 0 Å². The molecular weight excluding hydrogens is 455 g/mol. The maximum Gasteiger partial charge on any atom is 0.223 e. The van der Waals surface area contributed by atoms with Gasteiger partial charge in [-0.15, -0.1) is 24.0 Å². The largest absolute Gasteiger partial charge is 0.357 e. The number of aliphatic imine (C=N–C) groups is 1. The van der Waals surface area contributed by atoms with Crippen molar-refractivity contribution in [2.75, 3.05) is 19.6 Å². The monoisotopic (exact) mass is 482 g/mol. The summed E-state index contributed by atoms with van der Waals surface area (Å²) in [6.07, 6.45) is 5.87. The number of carbonyl (C=O) groups excluding carboxylic acids is 1. The van der Waals surface area contributed by atoms with Crippen molar-refractivity contribution in [2.45, 2.75) is 26.3 Å². The Hall–Kier alpha value is -2.10. The quantitative estimate of drug-likeness (QED) is 0.233. The molecule has 0 saturated heterocycles. The Labute approximate surface area is 177 Å². The molecule has 1 aromatic carbocycles. The molecular formula is C19H27IN6O. The lowest BCUT2D eigenvalue weighted by Gasteiger charge is -2.11. The highest BCUT2D eigenvalue weighted by molar-refractivity contribution is 14.0. The minimum atomic E-state index is 0. The SMILES string of the molecule is CCNC(=NCc1cnn(-c2ccccc2)c1)NCCNC(=O)C1CC1.I. The molecule has 3 N–H and O–H groups in total. The highest BCUT2D eigenvalue weighted by Gasteiger charge is 2.28. The second-order valence-corrected chi connectivity index (χ2v) is 6.32. The van der Waals surface area contributed by atoms with E-state index in [-0.39, 0.29) is 35.8 Å². The van der Waals surface area contributed by atoms with E-state index in [1.807, 2.05) is 54.3 Å². The van der Waals surface area contributed by atoms with Gasteiger partial charge in [0.2, 0.25) is 5.91 Å². The number of hydrogen-bond donors (Lipinski definition) is 3. The third-order valence-electron chi connectivity index (χ3n) is 4.09. The zero-order valence-electron chi connectivity index (χ0n) is 15.5. The molecule has 1 heterocycles. The number of rotatable bonds is 8. The van der Waals surface area contributed by atoms with Gasteiger partial charge in [-0.1, -0.05) is 18.2 Å². The number of nitrogens with zero attached hydrogens (tertiary/aromatic N) is 3. The van der Waals surface area contributed by atoms with Crippen LogP contribution in [0.2, 0.25) is 0 Å². The summed E-state index contributed by atoms with van der Waals surface area (Å²) in [7, 11) is 0. The molecule has 1 amide bonds. The first-order chi connectivity index (χ1) is 12.8. The predicted octanol–water partition coefficient (Wildman–Crippen LogP) is 2.07. The maximum absolute atomic E-state index is 11.6. The molecule has 1 saturated carbocycles. The van der Waals surface area contributed by atoms with Crippen LogP contribution in [0.25, 0.3) is 5.69 Å². The normalized spacial score (nSPS) is 13.6. The topological polar surface area (TPSA) is 83.3 Å². The molecule has 27 heavy (non-hydrogen) atoms. The van der Waals surface area contributed by atoms with E-state index in [0.717, 1.165) is 36.6 Å². The van der Waals surface area contributed by atoms with Crippen LogP contribution in [0.5, 0.6) is 0 Å². The predicted molar refractivity (Wildman–Crippen MR) is 118 cm³/mol. The second-order valence-electron chi connectivity index (χ2n) is 6.32. The van der Waals surface area contributed by atoms with E-state index < -0.39 is 0 Å². The molecule has 0 unspecified atom stereocenters. The molecule has 0 radical (unpaired) electrons. The highest BCUT2D eigenvalue weighted by Crippen LogP contribution is 2.28. The Balaban J connectivity index is 0.00000261. The first kappa shape index (κ1) is 21.2. The van der Waals surface area contributed by atoms with Crippen LogP contribution in [0.3, 0.4) is 0 Å². The van der Waals surface area contributed by atoms with Crippen LogP contribution in [0.1, 0.15) is 25.3 Å². The van der Waals surface area contributed by atoms with Crippen molar-refractivity contribution in [2.24, 2.45) is 10.9 Å². The Kier molecular flexibility index (Phi) is 8.56. The van der Waals surface area contributed by atoms with E-state index in [0.29, 0.717) is 19.6 Å². The summed E-state index contributed by atoms with van der Waals surface area (Å²) < 4.78 is 1.85. The molecule has 1 fully saturated rings. The van der Waals surface area contributed by atoms with Crippen molar-refractivity contribution in [1.82, 2.24) is 25.7 Å². The van der Waals surface area contributed by atoms with Crippen LogP contribution >= 0.6 is 24.0 Å². The third kappa shape index (κ3) is 6.85. The number of nitrogens with one attached hydrogen (secondary N) is 3. The number of benzene rings is 1. The molecule has 0 spiro atoms. The van der Waals surface area contributed by atoms with Crippen LogP contribution in [0.4, 0.5) is 0 Å². The number of guanidine groups is 1. The van der Waals surface area contributed by atoms with E-state index in [1.165, 1.54) is 0 Å². The van der Waals surface area contributed by atoms with Crippen molar-refractivity contribution in [3.05, 3.63) is 48.3 Å². The van der Waals surface area contributed by atoms with Gasteiger partial charge in [0.15, 0.2) is 5.96 Å². The minimum absolute atomic E-state index is 0. The first-order valence-electron chi connectivity index (χ1n) is 9.15. The average Bonchev–Trinajstić information content (AvgIpc) is 3.42. The van der Waals surface area contributed by atoms with E-state index >= 15 is 0 Å². The fourth-order valence-electron chi connectivity index (χ4n) is 2.53. The summed E-state index contributed by atoms with van der Waals surface area (Å²) in [6, 6.07) is 10.00. The number of hydrogen-bond acceptors (Lipinski definition) is 3. The fourth-order valence-corrected chi connectivity index (χ4v) is 2.53. The molecule has 8 heteroatoms. The lowest BCUT2D eigenvalue weighted by molar-refractivity contribution is -0.122. The average molecular weight is 482 g/mol. The Morgan fingerprint density at radius 2 is 1.93 bits per heavy atom. The third-order valence-corrected chi connectivity index (χ3v) is 4.09. The van der Waals surface area contributed by atoms with Crippen molar-refractivity contribution >= 4 is 35.8 Å². The van der Waals surface area contributed by atoms with Gasteiger partial charge in [-0.25, -0.2) is 9.67 Å². The smallest absolute Gasteiger partial charge is 0.223 e. The number of halogens is 1. The van der Waals surface area contributed by atoms with Crippen molar-refractivity contribution in [1.29, 1.82) is 0 Å². The zero-order valence-corrected chi connectivity index (χ0v) is 17.8. The van der Waals surface area contributed by atoms with E-state index in [9.17, 15) is 4.79 Å². The highest BCUT2D eigenvalue weighted by atomic mass is 127. The van der Waals surface area contributed by atoms with Gasteiger partial charge < -0.3 is 16.0 Å². The van der Waals surface area contributed by atoms with Crippen molar-refractivity contribution < 1.29 is 4.79 Å². The molecule has 0 bridgehead atoms. The van der Waals surface area contributed by atoms with E-state index in [2.05, 4.69) is 26.0 Å². The van der Waals surface area contributed by atoms with E-state index in [1.54, 1.807) is 0 Å². The van der Waals surface area contributed by atoms with Gasteiger partial charge in [-0.05, 0) is 31.9 Å². The zero-order chi connectivity index (χ0) is 18.2. The van der Waals surface area contributed by atoms with Crippen LogP contribution in [-0.2, 0) is 11.3 Å². The number of carbonyl (C=O) groups is 1. The molecule has 0 atom stereocenters. The second kappa shape index (κ2) is 10.9. The summed E-state index contributed by atoms with van der Waals surface area (Å²) in [4.78, 5) is 16.2. The van der Waals surface area contributed by atoms with E-state index in [4.69, 9.17) is 0 Å². The van der Waals surface area contributed by atoms with Crippen LogP contribution in [-0.4, -0.2) is 41.3 Å². The summed E-state index contributed by atoms with van der Waals surface area (Å²) in [5.41, 5.74) is 2.06. The number of para-hydroxylation sites is 1. The minimum Gasteiger partial charge on any atom is -0.357 e. The maximum atomic E-state index is 11.6. The first-order valence-corrected chi connectivity index (χ1v) is 9.15. The Bertz CT molecular complexity index is 742. The van der Waals surface area contributed by atoms with Gasteiger partial charge in [0.1, 0.15) is 0 Å². The molecule has 146 valence electrons. The summed E-state index contributed by atoms with van der Waals surface area (Å²) in [5, 5.41) is 13.8. The van der Waals surface area contributed by atoms with Gasteiger partial charge >= 0.3 is 0 Å². The molecule has 7 nitrogen and oxygen atoms in total. The molecule has 3 rings (SSSR count). The van der Waals surface area contributed by atoms with Gasteiger partial charge in [0.25, 0.3) is 0 Å². The molecule has 1 aliphatic carbocycles. The van der Waals surface area contributed by atoms with Gasteiger partial charge in [-0.3, -0.25) is 4.79 Å². The summed E-state index contributed by atoms with van der Waals surface area (Å²) in [5.74, 6) is 1.15. The van der Waals surface area contributed by atoms with Crippen LogP contribution in [0, 0.1) is 5.92 Å². The van der Waals surface area contributed by atoms with Gasteiger partial charge in [-0.2, -0.15) is 5.10 Å². The standard InChI is InChI=1S/C19H26N6O.HI/c1-2-20-19(22-11-10-21-18(26)16-8-9-16)23-12-15-13-24-25(14-15)17-6-4-3-5-7-17;/h3-7,13-14,16H,2,8-12H2,1H3,(H,21,26)(H2,20,22,23);1H. The lowest BCUT2D eigenvalue weighted by atomic mass is 10.3. The summed E-state index contributed by atoms with van der Waals surface area (Å²) >= 11 is 0. The molecule has 2 aromatic rings. The van der Waals surface area contributed by atoms with Crippen molar-refractivity contribution in [3.8, 4) is 5.69 Å². The number of amides is 1. The van der Waals surface area contributed by atoms with Gasteiger partial charge in [0, 0.05) is 37.3 Å². The van der Waals surface area contributed by atoms with Crippen LogP contribution < -0.4 is 16.0 Å². The van der Waals surface area contributed by atoms with Crippen LogP contribution in [0.15, 0.2) is 47.7 Å². The molecule has 0 aliphatic heterocycles. The molecule has 1 aromatic heterocycles. The Morgan fingerprint density at radius 1 is 1.19 bits per heavy atom. The Morgan fingerprint density at radius 3 is 2.63 bits per heavy atom. The van der Waals surface area contributed by atoms with Gasteiger partial charge in [0.05, 0.1) is 18.4 Å². The molecule has 1 aliphatic rings.